The van der Waals surface area contributed by atoms with Crippen LogP contribution in [0.15, 0.2) is 0 Å². The molecule has 0 spiro atoms. The molecule has 0 rings (SSSR count). The summed E-state index contributed by atoms with van der Waals surface area (Å²) in [6, 6.07) is 0. The Kier molecular flexibility index (Phi) is 25.7. The molecule has 0 aliphatic rings. The molecule has 0 N–H and O–H groups in total. The fourth-order valence-electron chi connectivity index (χ4n) is 0. The van der Waals surface area contributed by atoms with Gasteiger partial charge in [0.2, 0.25) is 0 Å². The van der Waals surface area contributed by atoms with E-state index in [4.69, 9.17) is 18.4 Å². The molecule has 48 valence electrons. The van der Waals surface area contributed by atoms with Crippen LogP contribution in [0.4, 0.5) is 0 Å². The third-order valence-corrected chi connectivity index (χ3v) is 0. The fraction of sp³-hybridized carbons (Fsp3) is 0. The molecule has 0 fully saturated rings. The SMILES string of the molecule is [O]=[Zr]([O-])[O-].[O]=[Zr]([O-])[O-].[Th+4]. The quantitative estimate of drug-likeness (QED) is 0.321. The summed E-state index contributed by atoms with van der Waals surface area (Å²) in [5, 5.41) is 0. The zero-order valence-electron chi connectivity index (χ0n) is 3.95. The summed E-state index contributed by atoms with van der Waals surface area (Å²) in [5.41, 5.74) is 0. The van der Waals surface area contributed by atoms with Crippen molar-refractivity contribution in [2.45, 2.75) is 0 Å². The second-order valence-corrected chi connectivity index (χ2v) is 2.96. The minimum atomic E-state index is -4.29. The van der Waals surface area contributed by atoms with Crippen molar-refractivity contribution in [1.82, 2.24) is 0 Å². The van der Waals surface area contributed by atoms with Crippen LogP contribution >= 0.6 is 0 Å². The molecule has 0 heterocycles. The number of hydrogen-bond acceptors (Lipinski definition) is 6. The summed E-state index contributed by atoms with van der Waals surface area (Å²) in [5.74, 6) is 0. The van der Waals surface area contributed by atoms with Gasteiger partial charge in [0.25, 0.3) is 0 Å². The zero-order chi connectivity index (χ0) is 7.15. The topological polar surface area (TPSA) is 126 Å². The van der Waals surface area contributed by atoms with Crippen LogP contribution in [-0.2, 0) is 50.9 Å². The Balaban J connectivity index is -0.0000000720. The smallest absolute Gasteiger partial charge is 4.00 e. The Morgan fingerprint density at radius 2 is 0.778 bits per heavy atom. The predicted octanol–water partition coefficient (Wildman–Crippen LogP) is -5.00. The second kappa shape index (κ2) is 13.1. The van der Waals surface area contributed by atoms with Gasteiger partial charge in [0.05, 0.1) is 0 Å². The molecule has 0 bridgehead atoms. The standard InChI is InChI=1S/6O.Th.2Zr/q;;4*-1;+4;;. The van der Waals surface area contributed by atoms with Crippen LogP contribution in [-0.4, -0.2) is 0 Å². The molecular weight excluding hydrogens is 510 g/mol. The molecular formula is O6ThZr2. The van der Waals surface area contributed by atoms with Gasteiger partial charge < -0.3 is 0 Å². The molecule has 0 radical (unpaired) electrons. The Labute approximate surface area is 101 Å². The van der Waals surface area contributed by atoms with Gasteiger partial charge in [-0.2, -0.15) is 0 Å². The van der Waals surface area contributed by atoms with Crippen LogP contribution in [0.5, 0.6) is 0 Å². The van der Waals surface area contributed by atoms with Crippen molar-refractivity contribution >= 4 is 0 Å². The van der Waals surface area contributed by atoms with Crippen LogP contribution in [0.2, 0.25) is 0 Å². The largest absolute Gasteiger partial charge is 4.00 e. The molecule has 0 unspecified atom stereocenters. The van der Waals surface area contributed by atoms with Crippen molar-refractivity contribution in [2.75, 3.05) is 0 Å². The van der Waals surface area contributed by atoms with Gasteiger partial charge in [-0.1, -0.05) is 0 Å². The summed E-state index contributed by atoms with van der Waals surface area (Å²) in [6.07, 6.45) is 0. The molecule has 0 aromatic carbocycles. The predicted molar refractivity (Wildman–Crippen MR) is 1.37 cm³/mol. The first kappa shape index (κ1) is 17.6. The summed E-state index contributed by atoms with van der Waals surface area (Å²) in [4.78, 5) is 0. The van der Waals surface area contributed by atoms with Crippen molar-refractivity contribution in [3.05, 3.63) is 0 Å². The fourth-order valence-corrected chi connectivity index (χ4v) is 0. The Morgan fingerprint density at radius 3 is 0.778 bits per heavy atom. The normalized spacial score (nSPS) is 5.78. The average Bonchev–Trinajstić information content (AvgIpc) is 1.25. The molecule has 0 aliphatic heterocycles. The van der Waals surface area contributed by atoms with Gasteiger partial charge in [-0.25, -0.2) is 0 Å². The van der Waals surface area contributed by atoms with Crippen LogP contribution in [0.1, 0.15) is 0 Å². The van der Waals surface area contributed by atoms with E-state index >= 15 is 0 Å². The van der Waals surface area contributed by atoms with E-state index in [1.54, 1.807) is 0 Å². The van der Waals surface area contributed by atoms with Gasteiger partial charge in [0.1, 0.15) is 0 Å². The van der Waals surface area contributed by atoms with Crippen molar-refractivity contribution in [3.63, 3.8) is 0 Å². The average molecular weight is 510 g/mol. The van der Waals surface area contributed by atoms with Crippen LogP contribution in [0.25, 0.3) is 0 Å². The molecule has 0 aliphatic carbocycles. The van der Waals surface area contributed by atoms with Crippen molar-refractivity contribution in [1.29, 1.82) is 0 Å². The van der Waals surface area contributed by atoms with Gasteiger partial charge in [-0.05, 0) is 0 Å². The Bertz CT molecular complexity index is 69.1. The van der Waals surface area contributed by atoms with E-state index in [9.17, 15) is 0 Å². The zero-order valence-corrected chi connectivity index (χ0v) is 13.0. The molecule has 6 nitrogen and oxygen atoms in total. The number of rotatable bonds is 0. The van der Waals surface area contributed by atoms with Gasteiger partial charge in [-0.15, -0.1) is 0 Å². The maximum Gasteiger partial charge on any atom is 4.00 e. The minimum absolute atomic E-state index is 0. The third kappa shape index (κ3) is 120. The van der Waals surface area contributed by atoms with Gasteiger partial charge in [0, 0.05) is 0 Å². The van der Waals surface area contributed by atoms with E-state index in [0.29, 0.717) is 0 Å². The first-order valence-corrected chi connectivity index (χ1v) is 7.25. The van der Waals surface area contributed by atoms with Gasteiger partial charge in [-0.3, -0.25) is 0 Å². The van der Waals surface area contributed by atoms with Crippen LogP contribution in [0, 0.1) is 39.9 Å². The molecule has 0 saturated carbocycles. The summed E-state index contributed by atoms with van der Waals surface area (Å²) < 4.78 is 51.7. The summed E-state index contributed by atoms with van der Waals surface area (Å²) >= 11 is -8.59. The maximum atomic E-state index is 8.61. The second-order valence-electron chi connectivity index (χ2n) is 0.500. The Morgan fingerprint density at radius 1 is 0.778 bits per heavy atom. The summed E-state index contributed by atoms with van der Waals surface area (Å²) in [6.45, 7) is 0. The first-order chi connectivity index (χ1) is 3.46. The van der Waals surface area contributed by atoms with Gasteiger partial charge in [0.15, 0.2) is 0 Å². The number of hydrogen-bond donors (Lipinski definition) is 0. The molecule has 0 aromatic heterocycles. The maximum absolute atomic E-state index is 8.61. The van der Waals surface area contributed by atoms with Crippen molar-refractivity contribution in [3.8, 4) is 0 Å². The van der Waals surface area contributed by atoms with Crippen molar-refractivity contribution in [2.24, 2.45) is 0 Å². The van der Waals surface area contributed by atoms with Crippen LogP contribution < -0.4 is 12.7 Å². The molecule has 9 heavy (non-hydrogen) atoms. The monoisotopic (exact) mass is 508 g/mol. The molecule has 0 aromatic rings. The van der Waals surface area contributed by atoms with E-state index in [0.717, 1.165) is 0 Å². The Hall–Kier alpha value is 2.53. The summed E-state index contributed by atoms with van der Waals surface area (Å²) in [7, 11) is 0. The molecule has 0 atom stereocenters. The van der Waals surface area contributed by atoms with E-state index in [1.165, 1.54) is 0 Å². The van der Waals surface area contributed by atoms with Gasteiger partial charge >= 0.3 is 104 Å². The van der Waals surface area contributed by atoms with E-state index in [2.05, 4.69) is 0 Å². The van der Waals surface area contributed by atoms with E-state index in [-0.39, 0.29) is 39.9 Å². The van der Waals surface area contributed by atoms with E-state index in [1.807, 2.05) is 0 Å². The first-order valence-electron chi connectivity index (χ1n) is 1.22. The molecule has 0 amide bonds. The third-order valence-electron chi connectivity index (χ3n) is 0. The molecule has 0 saturated heterocycles. The molecule has 9 heteroatoms. The van der Waals surface area contributed by atoms with E-state index < -0.39 is 45.3 Å². The van der Waals surface area contributed by atoms with Crippen LogP contribution in [0.3, 0.4) is 0 Å². The minimum Gasteiger partial charge on any atom is 4.00 e. The van der Waals surface area contributed by atoms with Crippen molar-refractivity contribution < 1.29 is 104 Å².